The average Bonchev–Trinajstić information content (AvgIpc) is 2.70. The number of hydrogen-bond donors (Lipinski definition) is 1. The largest absolute Gasteiger partial charge is 0.451 e. The van der Waals surface area contributed by atoms with Gasteiger partial charge in [0.15, 0.2) is 0 Å². The SMILES string of the molecule is Cc1nc(C(F)(F)F)nc(-c2cc(Cl)cc(Cl)c2)c1C(=O)NCCCc1ccccc1. The van der Waals surface area contributed by atoms with Crippen LogP contribution in [-0.2, 0) is 12.6 Å². The molecule has 1 N–H and O–H groups in total. The van der Waals surface area contributed by atoms with E-state index in [0.717, 1.165) is 12.0 Å². The van der Waals surface area contributed by atoms with Crippen molar-refractivity contribution >= 4 is 29.1 Å². The Hall–Kier alpha value is -2.64. The number of carbonyl (C=O) groups excluding carboxylic acids is 1. The highest BCUT2D eigenvalue weighted by Gasteiger charge is 2.36. The van der Waals surface area contributed by atoms with E-state index < -0.39 is 17.9 Å². The first-order valence-electron chi connectivity index (χ1n) is 9.39. The summed E-state index contributed by atoms with van der Waals surface area (Å²) in [5, 5.41) is 3.16. The third-order valence-electron chi connectivity index (χ3n) is 4.48. The molecule has 0 spiro atoms. The molecule has 0 atom stereocenters. The molecule has 4 nitrogen and oxygen atoms in total. The van der Waals surface area contributed by atoms with Gasteiger partial charge in [-0.05, 0) is 43.5 Å². The molecule has 0 unspecified atom stereocenters. The van der Waals surface area contributed by atoms with E-state index >= 15 is 0 Å². The topological polar surface area (TPSA) is 54.9 Å². The van der Waals surface area contributed by atoms with Gasteiger partial charge in [0.05, 0.1) is 17.0 Å². The molecule has 162 valence electrons. The Morgan fingerprint density at radius 2 is 1.68 bits per heavy atom. The molecule has 0 aliphatic heterocycles. The Morgan fingerprint density at radius 1 is 1.03 bits per heavy atom. The second-order valence-corrected chi connectivity index (χ2v) is 7.73. The number of benzene rings is 2. The molecule has 31 heavy (non-hydrogen) atoms. The summed E-state index contributed by atoms with van der Waals surface area (Å²) in [4.78, 5) is 20.0. The summed E-state index contributed by atoms with van der Waals surface area (Å²) in [6.07, 6.45) is -3.36. The smallest absolute Gasteiger partial charge is 0.352 e. The van der Waals surface area contributed by atoms with E-state index in [2.05, 4.69) is 15.3 Å². The Labute approximate surface area is 187 Å². The number of aromatic nitrogens is 2. The van der Waals surface area contributed by atoms with Gasteiger partial charge in [0.25, 0.3) is 5.91 Å². The monoisotopic (exact) mass is 467 g/mol. The minimum absolute atomic E-state index is 0.0500. The van der Waals surface area contributed by atoms with Gasteiger partial charge in [-0.2, -0.15) is 13.2 Å². The van der Waals surface area contributed by atoms with E-state index in [-0.39, 0.29) is 32.6 Å². The molecule has 0 saturated heterocycles. The van der Waals surface area contributed by atoms with Gasteiger partial charge in [-0.15, -0.1) is 0 Å². The van der Waals surface area contributed by atoms with Crippen LogP contribution in [0.15, 0.2) is 48.5 Å². The molecule has 0 fully saturated rings. The van der Waals surface area contributed by atoms with Gasteiger partial charge in [0.2, 0.25) is 5.82 Å². The quantitative estimate of drug-likeness (QED) is 0.443. The fourth-order valence-corrected chi connectivity index (χ4v) is 3.62. The van der Waals surface area contributed by atoms with Gasteiger partial charge in [0.1, 0.15) is 0 Å². The number of nitrogens with zero attached hydrogens (tertiary/aromatic N) is 2. The Morgan fingerprint density at radius 3 is 2.29 bits per heavy atom. The number of carbonyl (C=O) groups is 1. The van der Waals surface area contributed by atoms with E-state index in [1.54, 1.807) is 0 Å². The Kier molecular flexibility index (Phi) is 7.18. The van der Waals surface area contributed by atoms with E-state index in [1.165, 1.54) is 25.1 Å². The molecule has 0 bridgehead atoms. The highest BCUT2D eigenvalue weighted by molar-refractivity contribution is 6.35. The predicted octanol–water partition coefficient (Wildman–Crippen LogP) is 6.14. The fraction of sp³-hybridized carbons (Fsp3) is 0.227. The summed E-state index contributed by atoms with van der Waals surface area (Å²) in [5.41, 5.74) is 1.01. The second-order valence-electron chi connectivity index (χ2n) is 6.86. The van der Waals surface area contributed by atoms with Crippen LogP contribution < -0.4 is 5.32 Å². The van der Waals surface area contributed by atoms with Gasteiger partial charge in [-0.25, -0.2) is 9.97 Å². The maximum atomic E-state index is 13.3. The van der Waals surface area contributed by atoms with Crippen LogP contribution in [0.4, 0.5) is 13.2 Å². The summed E-state index contributed by atoms with van der Waals surface area (Å²) in [6.45, 7) is 1.68. The summed E-state index contributed by atoms with van der Waals surface area (Å²) < 4.78 is 39.9. The van der Waals surface area contributed by atoms with E-state index in [4.69, 9.17) is 23.2 Å². The molecular weight excluding hydrogens is 450 g/mol. The number of amides is 1. The van der Waals surface area contributed by atoms with Crippen LogP contribution in [0.3, 0.4) is 0 Å². The number of alkyl halides is 3. The molecule has 9 heteroatoms. The van der Waals surface area contributed by atoms with Crippen molar-refractivity contribution in [2.75, 3.05) is 6.54 Å². The number of halogens is 5. The molecule has 2 aromatic carbocycles. The zero-order valence-electron chi connectivity index (χ0n) is 16.4. The first-order chi connectivity index (χ1) is 14.6. The number of nitrogens with one attached hydrogen (secondary N) is 1. The maximum Gasteiger partial charge on any atom is 0.451 e. The third-order valence-corrected chi connectivity index (χ3v) is 4.91. The first-order valence-corrected chi connectivity index (χ1v) is 10.1. The van der Waals surface area contributed by atoms with Crippen molar-refractivity contribution in [2.45, 2.75) is 25.9 Å². The lowest BCUT2D eigenvalue weighted by molar-refractivity contribution is -0.145. The number of hydrogen-bond acceptors (Lipinski definition) is 3. The van der Waals surface area contributed by atoms with Gasteiger partial charge in [-0.3, -0.25) is 4.79 Å². The standard InChI is InChI=1S/C22H18Cl2F3N3O/c1-13-18(20(31)28-9-5-8-14-6-3-2-4-7-14)19(30-21(29-13)22(25,26)27)15-10-16(23)12-17(24)11-15/h2-4,6-7,10-12H,5,8-9H2,1H3,(H,28,31). The molecule has 0 saturated carbocycles. The number of aryl methyl sites for hydroxylation is 2. The van der Waals surface area contributed by atoms with Gasteiger partial charge in [-0.1, -0.05) is 53.5 Å². The van der Waals surface area contributed by atoms with Crippen LogP contribution in [0.2, 0.25) is 10.0 Å². The van der Waals surface area contributed by atoms with Crippen LogP contribution >= 0.6 is 23.2 Å². The lowest BCUT2D eigenvalue weighted by Gasteiger charge is -2.15. The van der Waals surface area contributed by atoms with Gasteiger partial charge < -0.3 is 5.32 Å². The predicted molar refractivity (Wildman–Crippen MR) is 114 cm³/mol. The zero-order chi connectivity index (χ0) is 22.6. The van der Waals surface area contributed by atoms with Crippen molar-refractivity contribution in [1.82, 2.24) is 15.3 Å². The zero-order valence-corrected chi connectivity index (χ0v) is 17.9. The normalized spacial score (nSPS) is 11.4. The van der Waals surface area contributed by atoms with Crippen LogP contribution in [0.5, 0.6) is 0 Å². The van der Waals surface area contributed by atoms with Crippen molar-refractivity contribution in [3.05, 3.63) is 81.2 Å². The maximum absolute atomic E-state index is 13.3. The lowest BCUT2D eigenvalue weighted by Crippen LogP contribution is -2.28. The molecule has 0 aliphatic carbocycles. The molecule has 0 radical (unpaired) electrons. The number of rotatable bonds is 6. The minimum Gasteiger partial charge on any atom is -0.352 e. The molecule has 0 aliphatic rings. The van der Waals surface area contributed by atoms with Crippen molar-refractivity contribution in [1.29, 1.82) is 0 Å². The van der Waals surface area contributed by atoms with Crippen LogP contribution in [-0.4, -0.2) is 22.4 Å². The van der Waals surface area contributed by atoms with E-state index in [9.17, 15) is 18.0 Å². The minimum atomic E-state index is -4.77. The Balaban J connectivity index is 1.89. The van der Waals surface area contributed by atoms with E-state index in [0.29, 0.717) is 13.0 Å². The van der Waals surface area contributed by atoms with Crippen molar-refractivity contribution in [2.24, 2.45) is 0 Å². The molecular formula is C22H18Cl2F3N3O. The molecule has 3 aromatic rings. The molecule has 3 rings (SSSR count). The summed E-state index contributed by atoms with van der Waals surface area (Å²) in [5.74, 6) is -1.90. The Bertz CT molecular complexity index is 1070. The lowest BCUT2D eigenvalue weighted by atomic mass is 10.0. The first kappa shape index (κ1) is 23.0. The summed E-state index contributed by atoms with van der Waals surface area (Å²) >= 11 is 12.0. The summed E-state index contributed by atoms with van der Waals surface area (Å²) in [6, 6.07) is 14.0. The van der Waals surface area contributed by atoms with Gasteiger partial charge >= 0.3 is 6.18 Å². The van der Waals surface area contributed by atoms with Crippen molar-refractivity contribution in [3.63, 3.8) is 0 Å². The van der Waals surface area contributed by atoms with E-state index in [1.807, 2.05) is 30.3 Å². The van der Waals surface area contributed by atoms with Crippen LogP contribution in [0, 0.1) is 6.92 Å². The molecule has 1 aromatic heterocycles. The van der Waals surface area contributed by atoms with Crippen LogP contribution in [0.1, 0.15) is 33.9 Å². The van der Waals surface area contributed by atoms with Crippen molar-refractivity contribution < 1.29 is 18.0 Å². The third kappa shape index (κ3) is 5.95. The molecule has 1 amide bonds. The highest BCUT2D eigenvalue weighted by Crippen LogP contribution is 2.33. The fourth-order valence-electron chi connectivity index (χ4n) is 3.10. The van der Waals surface area contributed by atoms with Crippen LogP contribution in [0.25, 0.3) is 11.3 Å². The van der Waals surface area contributed by atoms with Crippen molar-refractivity contribution in [3.8, 4) is 11.3 Å². The van der Waals surface area contributed by atoms with Gasteiger partial charge in [0, 0.05) is 22.2 Å². The molecule has 1 heterocycles. The second kappa shape index (κ2) is 9.66. The summed E-state index contributed by atoms with van der Waals surface area (Å²) in [7, 11) is 0. The highest BCUT2D eigenvalue weighted by atomic mass is 35.5. The average molecular weight is 468 g/mol.